The van der Waals surface area contributed by atoms with E-state index in [4.69, 9.17) is 0 Å². The Labute approximate surface area is 213 Å². The van der Waals surface area contributed by atoms with Crippen LogP contribution in [0.4, 0.5) is 13.2 Å². The van der Waals surface area contributed by atoms with Gasteiger partial charge in [0.2, 0.25) is 5.91 Å². The number of amides is 2. The average Bonchev–Trinajstić information content (AvgIpc) is 3.23. The van der Waals surface area contributed by atoms with Gasteiger partial charge >= 0.3 is 6.18 Å². The molecular weight excluding hydrogens is 487 g/mol. The summed E-state index contributed by atoms with van der Waals surface area (Å²) in [7, 11) is 0. The monoisotopic (exact) mass is 519 g/mol. The number of hydrogen-bond donors (Lipinski definition) is 5. The maximum Gasteiger partial charge on any atom is 0.416 e. The standard InChI is InChI=1S/C27H32F3N3O4/c1-17-5-7-19(8-6-17)25(37)11-9-20(10-12-25)26(16-31-14-22(26)34)33-23(35)15-32-24(36)18-3-2-4-21(13-18)27(28,29)30/h2-8,13,20,22,31,34,37H,9-12,14-16H2,1H3,(H,32,36)(H,33,35)/t20?,22-,25?,26+/m0/s1. The molecule has 2 aliphatic rings. The number of hydrogen-bond acceptors (Lipinski definition) is 5. The van der Waals surface area contributed by atoms with Gasteiger partial charge in [0, 0.05) is 18.7 Å². The van der Waals surface area contributed by atoms with E-state index < -0.39 is 47.3 Å². The van der Waals surface area contributed by atoms with Crippen LogP contribution in [-0.2, 0) is 16.6 Å². The van der Waals surface area contributed by atoms with E-state index in [9.17, 15) is 33.0 Å². The molecule has 1 aliphatic carbocycles. The summed E-state index contributed by atoms with van der Waals surface area (Å²) in [6.45, 7) is 2.14. The number of nitrogens with one attached hydrogen (secondary N) is 3. The minimum absolute atomic E-state index is 0.119. The maximum absolute atomic E-state index is 12.9. The van der Waals surface area contributed by atoms with Crippen molar-refractivity contribution in [2.24, 2.45) is 5.92 Å². The van der Waals surface area contributed by atoms with Crippen molar-refractivity contribution in [3.63, 3.8) is 0 Å². The van der Waals surface area contributed by atoms with E-state index in [2.05, 4.69) is 16.0 Å². The fourth-order valence-electron chi connectivity index (χ4n) is 5.53. The zero-order chi connectivity index (χ0) is 26.8. The quantitative estimate of drug-likeness (QED) is 0.403. The van der Waals surface area contributed by atoms with Gasteiger partial charge in [-0.15, -0.1) is 0 Å². The molecule has 0 unspecified atom stereocenters. The largest absolute Gasteiger partial charge is 0.416 e. The molecule has 200 valence electrons. The SMILES string of the molecule is Cc1ccc(C2(O)CCC([C@]3(NC(=O)CNC(=O)c4cccc(C(F)(F)F)c4)CNC[C@@H]3O)CC2)cc1. The predicted octanol–water partition coefficient (Wildman–Crippen LogP) is 2.64. The van der Waals surface area contributed by atoms with E-state index >= 15 is 0 Å². The summed E-state index contributed by atoms with van der Waals surface area (Å²) < 4.78 is 38.8. The second kappa shape index (κ2) is 10.4. The zero-order valence-electron chi connectivity index (χ0n) is 20.6. The Balaban J connectivity index is 1.39. The number of aliphatic hydroxyl groups is 2. The third-order valence-corrected chi connectivity index (χ3v) is 7.71. The molecule has 0 spiro atoms. The van der Waals surface area contributed by atoms with Crippen LogP contribution in [0.1, 0.15) is 52.7 Å². The summed E-state index contributed by atoms with van der Waals surface area (Å²) >= 11 is 0. The molecule has 2 aromatic carbocycles. The van der Waals surface area contributed by atoms with Crippen molar-refractivity contribution >= 4 is 11.8 Å². The van der Waals surface area contributed by atoms with Crippen molar-refractivity contribution < 1.29 is 33.0 Å². The minimum atomic E-state index is -4.59. The van der Waals surface area contributed by atoms with Gasteiger partial charge in [-0.3, -0.25) is 9.59 Å². The van der Waals surface area contributed by atoms with Crippen molar-refractivity contribution in [2.75, 3.05) is 19.6 Å². The van der Waals surface area contributed by atoms with Gasteiger partial charge in [0.25, 0.3) is 5.91 Å². The van der Waals surface area contributed by atoms with Crippen LogP contribution in [0.25, 0.3) is 0 Å². The van der Waals surface area contributed by atoms with Crippen molar-refractivity contribution in [1.82, 2.24) is 16.0 Å². The summed E-state index contributed by atoms with van der Waals surface area (Å²) in [5.74, 6) is -1.48. The van der Waals surface area contributed by atoms with E-state index in [1.165, 1.54) is 6.07 Å². The van der Waals surface area contributed by atoms with Gasteiger partial charge in [-0.25, -0.2) is 0 Å². The highest BCUT2D eigenvalue weighted by molar-refractivity contribution is 5.96. The Morgan fingerprint density at radius 1 is 1.11 bits per heavy atom. The topological polar surface area (TPSA) is 111 Å². The number of carbonyl (C=O) groups excluding carboxylic acids is 2. The number of β-amino-alcohol motifs (C(OH)–C–C–N with tert-alkyl or cyclic N) is 1. The van der Waals surface area contributed by atoms with Gasteiger partial charge in [0.15, 0.2) is 0 Å². The number of rotatable bonds is 6. The summed E-state index contributed by atoms with van der Waals surface area (Å²) in [5, 5.41) is 30.5. The van der Waals surface area contributed by atoms with Crippen LogP contribution in [0.15, 0.2) is 48.5 Å². The van der Waals surface area contributed by atoms with Gasteiger partial charge in [-0.2, -0.15) is 13.2 Å². The predicted molar refractivity (Wildman–Crippen MR) is 131 cm³/mol. The Morgan fingerprint density at radius 2 is 1.78 bits per heavy atom. The van der Waals surface area contributed by atoms with E-state index in [-0.39, 0.29) is 18.0 Å². The van der Waals surface area contributed by atoms with Crippen LogP contribution in [0.2, 0.25) is 0 Å². The molecular formula is C27H32F3N3O4. The first-order valence-electron chi connectivity index (χ1n) is 12.4. The van der Waals surface area contributed by atoms with Gasteiger partial charge < -0.3 is 26.2 Å². The fraction of sp³-hybridized carbons (Fsp3) is 0.481. The number of aryl methyl sites for hydroxylation is 1. The van der Waals surface area contributed by atoms with Crippen LogP contribution in [0.3, 0.4) is 0 Å². The fourth-order valence-corrected chi connectivity index (χ4v) is 5.53. The zero-order valence-corrected chi connectivity index (χ0v) is 20.6. The van der Waals surface area contributed by atoms with E-state index in [0.29, 0.717) is 32.2 Å². The van der Waals surface area contributed by atoms with Crippen molar-refractivity contribution in [1.29, 1.82) is 0 Å². The Hall–Kier alpha value is -2.95. The van der Waals surface area contributed by atoms with Crippen LogP contribution >= 0.6 is 0 Å². The lowest BCUT2D eigenvalue weighted by molar-refractivity contribution is -0.137. The van der Waals surface area contributed by atoms with Gasteiger partial charge in [-0.05, 0) is 62.3 Å². The lowest BCUT2D eigenvalue weighted by Gasteiger charge is -2.46. The number of alkyl halides is 3. The summed E-state index contributed by atoms with van der Waals surface area (Å²) in [6, 6.07) is 11.7. The molecule has 1 heterocycles. The molecule has 0 radical (unpaired) electrons. The van der Waals surface area contributed by atoms with E-state index in [0.717, 1.165) is 29.3 Å². The third-order valence-electron chi connectivity index (χ3n) is 7.71. The number of carbonyl (C=O) groups is 2. The second-order valence-corrected chi connectivity index (χ2v) is 10.2. The normalized spacial score (nSPS) is 28.1. The first-order valence-corrected chi connectivity index (χ1v) is 12.4. The second-order valence-electron chi connectivity index (χ2n) is 10.2. The van der Waals surface area contributed by atoms with Crippen LogP contribution in [-0.4, -0.2) is 53.3 Å². The molecule has 10 heteroatoms. The number of aliphatic hydroxyl groups excluding tert-OH is 1. The summed E-state index contributed by atoms with van der Waals surface area (Å²) in [5.41, 5.74) is -1.17. The Bertz CT molecular complexity index is 1130. The average molecular weight is 520 g/mol. The lowest BCUT2D eigenvalue weighted by atomic mass is 9.67. The van der Waals surface area contributed by atoms with Crippen LogP contribution in [0.5, 0.6) is 0 Å². The summed E-state index contributed by atoms with van der Waals surface area (Å²) in [4.78, 5) is 25.2. The van der Waals surface area contributed by atoms with E-state index in [1.807, 2.05) is 31.2 Å². The number of halogens is 3. The molecule has 2 aromatic rings. The van der Waals surface area contributed by atoms with Gasteiger partial charge in [0.1, 0.15) is 0 Å². The lowest BCUT2D eigenvalue weighted by Crippen LogP contribution is -2.63. The molecule has 2 amide bonds. The molecule has 5 N–H and O–H groups in total. The van der Waals surface area contributed by atoms with Crippen LogP contribution < -0.4 is 16.0 Å². The highest BCUT2D eigenvalue weighted by Crippen LogP contribution is 2.44. The van der Waals surface area contributed by atoms with Gasteiger partial charge in [-0.1, -0.05) is 35.9 Å². The molecule has 1 saturated heterocycles. The highest BCUT2D eigenvalue weighted by atomic mass is 19.4. The van der Waals surface area contributed by atoms with Gasteiger partial charge in [0.05, 0.1) is 29.4 Å². The smallest absolute Gasteiger partial charge is 0.389 e. The highest BCUT2D eigenvalue weighted by Gasteiger charge is 2.51. The molecule has 2 fully saturated rings. The molecule has 0 bridgehead atoms. The first kappa shape index (κ1) is 27.1. The van der Waals surface area contributed by atoms with Crippen molar-refractivity contribution in [3.05, 3.63) is 70.8 Å². The first-order chi connectivity index (χ1) is 17.4. The molecule has 2 atom stereocenters. The van der Waals surface area contributed by atoms with Crippen LogP contribution in [0, 0.1) is 12.8 Å². The minimum Gasteiger partial charge on any atom is -0.389 e. The molecule has 7 nitrogen and oxygen atoms in total. The Kier molecular flexibility index (Phi) is 7.64. The van der Waals surface area contributed by atoms with Crippen molar-refractivity contribution in [3.8, 4) is 0 Å². The molecule has 1 saturated carbocycles. The molecule has 0 aromatic heterocycles. The maximum atomic E-state index is 12.9. The van der Waals surface area contributed by atoms with E-state index in [1.54, 1.807) is 0 Å². The number of benzene rings is 2. The van der Waals surface area contributed by atoms with Crippen molar-refractivity contribution in [2.45, 2.75) is 56.0 Å². The third kappa shape index (κ3) is 5.81. The molecule has 1 aliphatic heterocycles. The summed E-state index contributed by atoms with van der Waals surface area (Å²) in [6.07, 6.45) is -3.38. The molecule has 37 heavy (non-hydrogen) atoms. The molecule has 4 rings (SSSR count). The Morgan fingerprint density at radius 3 is 2.38 bits per heavy atom.